The fourth-order valence-corrected chi connectivity index (χ4v) is 3.27. The van der Waals surface area contributed by atoms with Crippen molar-refractivity contribution in [3.8, 4) is 17.6 Å². The van der Waals surface area contributed by atoms with Crippen LogP contribution in [-0.4, -0.2) is 37.9 Å². The lowest BCUT2D eigenvalue weighted by atomic mass is 10.0. The molecule has 0 spiro atoms. The first-order valence-corrected chi connectivity index (χ1v) is 9.88. The second-order valence-corrected chi connectivity index (χ2v) is 7.38. The second kappa shape index (κ2) is 10.1. The summed E-state index contributed by atoms with van der Waals surface area (Å²) in [6.45, 7) is 4.05. The van der Waals surface area contributed by atoms with Crippen LogP contribution in [0.3, 0.4) is 0 Å². The van der Waals surface area contributed by atoms with E-state index in [-0.39, 0.29) is 5.75 Å². The Morgan fingerprint density at radius 3 is 2.76 bits per heavy atom. The van der Waals surface area contributed by atoms with E-state index in [9.17, 15) is 4.39 Å². The van der Waals surface area contributed by atoms with Crippen molar-refractivity contribution in [1.82, 2.24) is 4.90 Å². The van der Waals surface area contributed by atoms with E-state index >= 15 is 0 Å². The lowest BCUT2D eigenvalue weighted by Crippen LogP contribution is -2.26. The van der Waals surface area contributed by atoms with Crippen molar-refractivity contribution in [3.63, 3.8) is 0 Å². The fourth-order valence-electron chi connectivity index (χ4n) is 3.27. The zero-order valence-electron chi connectivity index (χ0n) is 17.2. The standard InChI is InChI=1S/C24H27FN2O2/c1-18-8-7-15-27(2)17-22(18)26-29-23(20-9-5-4-6-10-20)14-12-19-11-13-21(25)24(16-19)28-3/h4-6,9-11,13,16,18,23H,7-8,15,17H2,1-3H3/b26-22+/t18-,23?/m0/s1. The van der Waals surface area contributed by atoms with Crippen LogP contribution in [0.1, 0.15) is 37.0 Å². The van der Waals surface area contributed by atoms with Crippen LogP contribution in [0.2, 0.25) is 0 Å². The van der Waals surface area contributed by atoms with Gasteiger partial charge in [-0.3, -0.25) is 0 Å². The predicted molar refractivity (Wildman–Crippen MR) is 113 cm³/mol. The summed E-state index contributed by atoms with van der Waals surface area (Å²) in [6.07, 6.45) is 1.75. The van der Waals surface area contributed by atoms with Gasteiger partial charge in [0.05, 0.1) is 12.8 Å². The van der Waals surface area contributed by atoms with Crippen LogP contribution in [0.4, 0.5) is 4.39 Å². The number of hydrogen-bond donors (Lipinski definition) is 0. The minimum Gasteiger partial charge on any atom is -0.494 e. The molecule has 3 rings (SSSR count). The van der Waals surface area contributed by atoms with Gasteiger partial charge in [-0.05, 0) is 56.5 Å². The number of likely N-dealkylation sites (tertiary alicyclic amines) is 1. The van der Waals surface area contributed by atoms with E-state index in [0.29, 0.717) is 11.5 Å². The SMILES string of the molecule is COc1cc(C#CC(O/N=C2\CN(C)CCC[C@@H]2C)c2ccccc2)ccc1F. The van der Waals surface area contributed by atoms with Crippen LogP contribution in [-0.2, 0) is 4.84 Å². The Kier molecular flexibility index (Phi) is 7.26. The van der Waals surface area contributed by atoms with Crippen molar-refractivity contribution in [2.45, 2.75) is 25.9 Å². The molecule has 1 saturated heterocycles. The Labute approximate surface area is 172 Å². The molecule has 0 bridgehead atoms. The minimum atomic E-state index is -0.513. The van der Waals surface area contributed by atoms with Gasteiger partial charge in [0.25, 0.3) is 0 Å². The molecule has 152 valence electrons. The molecule has 2 aromatic carbocycles. The number of oxime groups is 1. The van der Waals surface area contributed by atoms with Gasteiger partial charge in [-0.25, -0.2) is 4.39 Å². The number of rotatable bonds is 4. The van der Waals surface area contributed by atoms with Gasteiger partial charge in [0, 0.05) is 17.7 Å². The van der Waals surface area contributed by atoms with Crippen LogP contribution in [0.5, 0.6) is 5.75 Å². The van der Waals surface area contributed by atoms with Gasteiger partial charge in [0.15, 0.2) is 11.6 Å². The molecule has 1 fully saturated rings. The number of ether oxygens (including phenoxy) is 1. The fraction of sp³-hybridized carbons (Fsp3) is 0.375. The number of nitrogens with zero attached hydrogens (tertiary/aromatic N) is 2. The quantitative estimate of drug-likeness (QED) is 0.559. The molecule has 1 heterocycles. The van der Waals surface area contributed by atoms with Gasteiger partial charge in [0.1, 0.15) is 0 Å². The zero-order valence-corrected chi connectivity index (χ0v) is 17.2. The molecule has 4 nitrogen and oxygen atoms in total. The van der Waals surface area contributed by atoms with Crippen molar-refractivity contribution in [2.75, 3.05) is 27.2 Å². The van der Waals surface area contributed by atoms with E-state index < -0.39 is 11.9 Å². The summed E-state index contributed by atoms with van der Waals surface area (Å²) in [6, 6.07) is 14.3. The summed E-state index contributed by atoms with van der Waals surface area (Å²) in [5.41, 5.74) is 2.62. The average Bonchev–Trinajstić information content (AvgIpc) is 2.90. The van der Waals surface area contributed by atoms with Crippen molar-refractivity contribution >= 4 is 5.71 Å². The lowest BCUT2D eigenvalue weighted by molar-refractivity contribution is 0.0973. The molecule has 1 aliphatic rings. The first-order valence-electron chi connectivity index (χ1n) is 9.88. The number of hydrogen-bond acceptors (Lipinski definition) is 4. The molecule has 0 N–H and O–H groups in total. The molecule has 2 atom stereocenters. The number of methoxy groups -OCH3 is 1. The molecular formula is C24H27FN2O2. The number of benzene rings is 2. The molecule has 1 aliphatic heterocycles. The van der Waals surface area contributed by atoms with Gasteiger partial charge in [-0.15, -0.1) is 0 Å². The van der Waals surface area contributed by atoms with Gasteiger partial charge in [0.2, 0.25) is 6.10 Å². The van der Waals surface area contributed by atoms with Crippen LogP contribution in [0, 0.1) is 23.6 Å². The van der Waals surface area contributed by atoms with E-state index in [2.05, 4.69) is 35.9 Å². The maximum atomic E-state index is 13.6. The van der Waals surface area contributed by atoms with E-state index in [1.54, 1.807) is 12.1 Å². The highest BCUT2D eigenvalue weighted by molar-refractivity contribution is 5.88. The normalized spacial score (nSPS) is 19.7. The van der Waals surface area contributed by atoms with Gasteiger partial charge in [-0.2, -0.15) is 0 Å². The highest BCUT2D eigenvalue weighted by Gasteiger charge is 2.19. The summed E-state index contributed by atoms with van der Waals surface area (Å²) in [7, 11) is 3.54. The van der Waals surface area contributed by atoms with Crippen LogP contribution < -0.4 is 4.74 Å². The topological polar surface area (TPSA) is 34.1 Å². The van der Waals surface area contributed by atoms with E-state index in [1.807, 2.05) is 30.3 Å². The Morgan fingerprint density at radius 2 is 2.00 bits per heavy atom. The third-order valence-electron chi connectivity index (χ3n) is 5.05. The Morgan fingerprint density at radius 1 is 1.21 bits per heavy atom. The molecule has 0 amide bonds. The maximum Gasteiger partial charge on any atom is 0.213 e. The third kappa shape index (κ3) is 5.82. The molecule has 0 saturated carbocycles. The van der Waals surface area contributed by atoms with Crippen LogP contribution in [0.15, 0.2) is 53.7 Å². The van der Waals surface area contributed by atoms with Crippen molar-refractivity contribution < 1.29 is 14.0 Å². The zero-order chi connectivity index (χ0) is 20.6. The van der Waals surface area contributed by atoms with Crippen LogP contribution >= 0.6 is 0 Å². The van der Waals surface area contributed by atoms with E-state index in [4.69, 9.17) is 9.57 Å². The average molecular weight is 394 g/mol. The Hall–Kier alpha value is -2.84. The molecule has 0 aliphatic carbocycles. The van der Waals surface area contributed by atoms with E-state index in [1.165, 1.54) is 13.2 Å². The monoisotopic (exact) mass is 394 g/mol. The summed E-state index contributed by atoms with van der Waals surface area (Å²) in [4.78, 5) is 8.19. The largest absolute Gasteiger partial charge is 0.494 e. The molecule has 0 radical (unpaired) electrons. The second-order valence-electron chi connectivity index (χ2n) is 7.38. The van der Waals surface area contributed by atoms with Crippen molar-refractivity contribution in [2.24, 2.45) is 11.1 Å². The highest BCUT2D eigenvalue weighted by atomic mass is 19.1. The predicted octanol–water partition coefficient (Wildman–Crippen LogP) is 4.66. The van der Waals surface area contributed by atoms with Gasteiger partial charge in [-0.1, -0.05) is 48.3 Å². The van der Waals surface area contributed by atoms with Gasteiger partial charge >= 0.3 is 0 Å². The van der Waals surface area contributed by atoms with E-state index in [0.717, 1.165) is 37.2 Å². The Bertz CT molecular complexity index is 902. The molecule has 5 heteroatoms. The Balaban J connectivity index is 1.86. The first kappa shape index (κ1) is 20.9. The smallest absolute Gasteiger partial charge is 0.213 e. The first-order chi connectivity index (χ1) is 14.1. The minimum absolute atomic E-state index is 0.171. The highest BCUT2D eigenvalue weighted by Crippen LogP contribution is 2.21. The van der Waals surface area contributed by atoms with Gasteiger partial charge < -0.3 is 14.5 Å². The molecule has 1 unspecified atom stereocenters. The number of halogens is 1. The summed E-state index contributed by atoms with van der Waals surface area (Å²) in [5.74, 6) is 6.34. The van der Waals surface area contributed by atoms with Crippen molar-refractivity contribution in [3.05, 3.63) is 65.5 Å². The molecule has 2 aromatic rings. The lowest BCUT2D eigenvalue weighted by Gasteiger charge is -2.16. The maximum absolute atomic E-state index is 13.6. The van der Waals surface area contributed by atoms with Crippen LogP contribution in [0.25, 0.3) is 0 Å². The summed E-state index contributed by atoms with van der Waals surface area (Å²) < 4.78 is 18.7. The van der Waals surface area contributed by atoms with Crippen molar-refractivity contribution in [1.29, 1.82) is 0 Å². The molecule has 0 aromatic heterocycles. The third-order valence-corrected chi connectivity index (χ3v) is 5.05. The summed E-state index contributed by atoms with van der Waals surface area (Å²) >= 11 is 0. The molecular weight excluding hydrogens is 367 g/mol. The molecule has 29 heavy (non-hydrogen) atoms. The summed E-state index contributed by atoms with van der Waals surface area (Å²) in [5, 5.41) is 4.50.